The second kappa shape index (κ2) is 42.3. The highest BCUT2D eigenvalue weighted by Gasteiger charge is 2.47. The van der Waals surface area contributed by atoms with Gasteiger partial charge in [-0.25, -0.2) is 0 Å². The number of rotatable bonds is 45. The Hall–Kier alpha value is -1.27. The van der Waals surface area contributed by atoms with Gasteiger partial charge in [-0.2, -0.15) is 0 Å². The lowest BCUT2D eigenvalue weighted by atomic mass is 9.98. The Morgan fingerprint density at radius 3 is 1.34 bits per heavy atom. The average molecular weight is 975 g/mol. The number of hydrogen-bond donors (Lipinski definition) is 7. The molecular weight excluding hydrogens is 873 g/mol. The molecule has 2 heterocycles. The number of allylic oxidation sites excluding steroid dienone is 2. The highest BCUT2D eigenvalue weighted by molar-refractivity contribution is 5.69. The lowest BCUT2D eigenvalue weighted by molar-refractivity contribution is -0.332. The molecule has 14 nitrogen and oxygen atoms in total. The predicted molar refractivity (Wildman–Crippen MR) is 266 cm³/mol. The van der Waals surface area contributed by atoms with Crippen molar-refractivity contribution in [3.63, 3.8) is 0 Å². The Balaban J connectivity index is 1.72. The second-order valence-electron chi connectivity index (χ2n) is 19.8. The van der Waals surface area contributed by atoms with E-state index >= 15 is 0 Å². The van der Waals surface area contributed by atoms with Crippen LogP contribution in [0.4, 0.5) is 0 Å². The fraction of sp³-hybridized carbons (Fsp3) is 0.944. The molecule has 0 bridgehead atoms. The van der Waals surface area contributed by atoms with Crippen molar-refractivity contribution in [2.24, 2.45) is 0 Å². The summed E-state index contributed by atoms with van der Waals surface area (Å²) in [6, 6.07) is 0. The Morgan fingerprint density at radius 2 is 0.868 bits per heavy atom. The first kappa shape index (κ1) is 62.8. The van der Waals surface area contributed by atoms with Crippen molar-refractivity contribution in [1.82, 2.24) is 0 Å². The van der Waals surface area contributed by atoms with Crippen LogP contribution in [0.1, 0.15) is 226 Å². The summed E-state index contributed by atoms with van der Waals surface area (Å²) in [4.78, 5) is 13.0. The molecule has 402 valence electrons. The number of hydrogen-bond acceptors (Lipinski definition) is 14. The molecule has 0 aromatic rings. The number of ether oxygens (including phenoxy) is 6. The third-order valence-electron chi connectivity index (χ3n) is 13.5. The van der Waals surface area contributed by atoms with Crippen molar-refractivity contribution < 1.29 is 69.0 Å². The van der Waals surface area contributed by atoms with E-state index in [2.05, 4.69) is 26.0 Å². The summed E-state index contributed by atoms with van der Waals surface area (Å²) >= 11 is 0. The van der Waals surface area contributed by atoms with Crippen LogP contribution in [0.5, 0.6) is 0 Å². The normalized spacial score (nSPS) is 25.9. The predicted octanol–water partition coefficient (Wildman–Crippen LogP) is 9.02. The molecule has 7 N–H and O–H groups in total. The highest BCUT2D eigenvalue weighted by atomic mass is 16.7. The third kappa shape index (κ3) is 29.3. The minimum atomic E-state index is -1.70. The van der Waals surface area contributed by atoms with Gasteiger partial charge in [0, 0.05) is 13.0 Å². The first-order valence-electron chi connectivity index (χ1n) is 27.8. The molecule has 2 aliphatic rings. The van der Waals surface area contributed by atoms with E-state index in [4.69, 9.17) is 28.4 Å². The molecule has 0 radical (unpaired) electrons. The van der Waals surface area contributed by atoms with Crippen molar-refractivity contribution >= 4 is 5.97 Å². The van der Waals surface area contributed by atoms with Gasteiger partial charge in [0.05, 0.1) is 26.4 Å². The van der Waals surface area contributed by atoms with E-state index in [-0.39, 0.29) is 25.6 Å². The molecule has 14 heteroatoms. The van der Waals surface area contributed by atoms with Crippen LogP contribution in [-0.2, 0) is 33.2 Å². The number of aliphatic hydroxyl groups is 7. The molecule has 0 aromatic heterocycles. The van der Waals surface area contributed by atoms with Crippen molar-refractivity contribution in [2.45, 2.75) is 293 Å². The molecule has 0 spiro atoms. The van der Waals surface area contributed by atoms with Crippen molar-refractivity contribution in [3.8, 4) is 0 Å². The lowest BCUT2D eigenvalue weighted by Crippen LogP contribution is -2.61. The topological polar surface area (TPSA) is 214 Å². The van der Waals surface area contributed by atoms with E-state index in [9.17, 15) is 40.5 Å². The highest BCUT2D eigenvalue weighted by Crippen LogP contribution is 2.27. The molecule has 2 fully saturated rings. The Kier molecular flexibility index (Phi) is 39.1. The second-order valence-corrected chi connectivity index (χ2v) is 19.8. The Morgan fingerprint density at radius 1 is 0.471 bits per heavy atom. The standard InChI is InChI=1S/C54H102O14/c1-3-5-7-9-11-13-15-17-18-19-20-21-22-23-24-25-27-29-31-33-35-37-46(56)66-43(40-63-38-36-34-32-30-28-26-16-14-12-10-8-6-4-2)41-64-53-52(62)50(60)48(58)45(68-53)42-65-54-51(61)49(59)47(57)44(39-55)67-54/h19-20,43-45,47-55,57-62H,3-18,21-42H2,1-2H3/b20-19-. The zero-order chi connectivity index (χ0) is 49.5. The lowest BCUT2D eigenvalue weighted by Gasteiger charge is -2.42. The van der Waals surface area contributed by atoms with Gasteiger partial charge in [0.15, 0.2) is 12.6 Å². The van der Waals surface area contributed by atoms with Crippen LogP contribution in [0.15, 0.2) is 12.2 Å². The van der Waals surface area contributed by atoms with Crippen LogP contribution in [-0.4, -0.2) is 142 Å². The van der Waals surface area contributed by atoms with Gasteiger partial charge in [-0.15, -0.1) is 0 Å². The first-order valence-corrected chi connectivity index (χ1v) is 27.8. The number of esters is 1. The van der Waals surface area contributed by atoms with Gasteiger partial charge < -0.3 is 64.2 Å². The van der Waals surface area contributed by atoms with Crippen LogP contribution in [0.25, 0.3) is 0 Å². The van der Waals surface area contributed by atoms with E-state index in [0.717, 1.165) is 38.5 Å². The van der Waals surface area contributed by atoms with E-state index < -0.39 is 80.7 Å². The maximum atomic E-state index is 13.0. The van der Waals surface area contributed by atoms with Gasteiger partial charge in [0.25, 0.3) is 0 Å². The molecule has 0 aliphatic carbocycles. The van der Waals surface area contributed by atoms with E-state index in [1.807, 2.05) is 0 Å². The zero-order valence-corrected chi connectivity index (χ0v) is 42.9. The van der Waals surface area contributed by atoms with Crippen molar-refractivity contribution in [3.05, 3.63) is 12.2 Å². The molecule has 2 rings (SSSR count). The van der Waals surface area contributed by atoms with Crippen LogP contribution in [0, 0.1) is 0 Å². The summed E-state index contributed by atoms with van der Waals surface area (Å²) in [7, 11) is 0. The number of carbonyl (C=O) groups is 1. The zero-order valence-electron chi connectivity index (χ0n) is 42.9. The molecule has 0 saturated carbocycles. The van der Waals surface area contributed by atoms with Gasteiger partial charge in [-0.05, 0) is 38.5 Å². The maximum Gasteiger partial charge on any atom is 0.306 e. The molecule has 68 heavy (non-hydrogen) atoms. The van der Waals surface area contributed by atoms with Crippen LogP contribution < -0.4 is 0 Å². The van der Waals surface area contributed by atoms with Crippen LogP contribution in [0.3, 0.4) is 0 Å². The van der Waals surface area contributed by atoms with E-state index in [1.165, 1.54) is 161 Å². The van der Waals surface area contributed by atoms with Gasteiger partial charge in [0.1, 0.15) is 54.9 Å². The SMILES string of the molecule is CCCCCCCCCC/C=C\CCCCCCCCCCCC(=O)OC(COCCCCCCCCCCCCCCC)COC1OC(COC2OC(CO)C(O)C(O)C2O)C(O)C(O)C1O. The Bertz CT molecular complexity index is 1180. The summed E-state index contributed by atoms with van der Waals surface area (Å²) in [6.45, 7) is 3.73. The first-order chi connectivity index (χ1) is 33.1. The molecule has 0 amide bonds. The molecule has 2 aliphatic heterocycles. The summed E-state index contributed by atoms with van der Waals surface area (Å²) < 4.78 is 34.3. The fourth-order valence-electron chi connectivity index (χ4n) is 8.99. The van der Waals surface area contributed by atoms with Crippen molar-refractivity contribution in [2.75, 3.05) is 33.0 Å². The summed E-state index contributed by atoms with van der Waals surface area (Å²) in [5.41, 5.74) is 0. The quantitative estimate of drug-likeness (QED) is 0.0172. The van der Waals surface area contributed by atoms with E-state index in [1.54, 1.807) is 0 Å². The van der Waals surface area contributed by atoms with E-state index in [0.29, 0.717) is 13.0 Å². The minimum Gasteiger partial charge on any atom is -0.457 e. The summed E-state index contributed by atoms with van der Waals surface area (Å²) in [5, 5.41) is 72.2. The van der Waals surface area contributed by atoms with Crippen LogP contribution in [0.2, 0.25) is 0 Å². The van der Waals surface area contributed by atoms with Gasteiger partial charge in [-0.3, -0.25) is 4.79 Å². The minimum absolute atomic E-state index is 0.0667. The van der Waals surface area contributed by atoms with Gasteiger partial charge >= 0.3 is 5.97 Å². The average Bonchev–Trinajstić information content (AvgIpc) is 3.33. The number of aliphatic hydroxyl groups excluding tert-OH is 7. The molecule has 11 atom stereocenters. The van der Waals surface area contributed by atoms with Gasteiger partial charge in [-0.1, -0.05) is 193 Å². The molecular formula is C54H102O14. The maximum absolute atomic E-state index is 13.0. The number of unbranched alkanes of at least 4 members (excludes halogenated alkanes) is 29. The third-order valence-corrected chi connectivity index (χ3v) is 13.5. The molecule has 0 aromatic carbocycles. The van der Waals surface area contributed by atoms with Crippen LogP contribution >= 0.6 is 0 Å². The molecule has 11 unspecified atom stereocenters. The monoisotopic (exact) mass is 975 g/mol. The molecule has 2 saturated heterocycles. The number of carbonyl (C=O) groups excluding carboxylic acids is 1. The smallest absolute Gasteiger partial charge is 0.306 e. The Labute approximate surface area is 412 Å². The summed E-state index contributed by atoms with van der Waals surface area (Å²) in [5.74, 6) is -0.374. The largest absolute Gasteiger partial charge is 0.457 e. The van der Waals surface area contributed by atoms with Crippen molar-refractivity contribution in [1.29, 1.82) is 0 Å². The fourth-order valence-corrected chi connectivity index (χ4v) is 8.99. The summed E-state index contributed by atoms with van der Waals surface area (Å²) in [6.07, 6.45) is 28.4. The van der Waals surface area contributed by atoms with Gasteiger partial charge in [0.2, 0.25) is 0 Å².